The molecule has 0 radical (unpaired) electrons. The van der Waals surface area contributed by atoms with Crippen molar-refractivity contribution in [2.24, 2.45) is 0 Å². The molecule has 7 heteroatoms. The van der Waals surface area contributed by atoms with Crippen LogP contribution in [0.15, 0.2) is 47.4 Å². The Morgan fingerprint density at radius 1 is 1.24 bits per heavy atom. The molecule has 1 atom stereocenters. The fourth-order valence-electron chi connectivity index (χ4n) is 1.80. The number of halogens is 1. The molecule has 2 rings (SSSR count). The molecule has 21 heavy (non-hydrogen) atoms. The van der Waals surface area contributed by atoms with Crippen molar-refractivity contribution in [1.82, 2.24) is 0 Å². The maximum Gasteiger partial charge on any atom is 0.270 e. The van der Waals surface area contributed by atoms with E-state index in [0.29, 0.717) is 16.2 Å². The Bertz CT molecular complexity index is 688. The van der Waals surface area contributed by atoms with Gasteiger partial charge in [0.2, 0.25) is 0 Å². The Kier molecular flexibility index (Phi) is 4.64. The topological polar surface area (TPSA) is 69.4 Å². The van der Waals surface area contributed by atoms with E-state index < -0.39 is 21.5 Å². The van der Waals surface area contributed by atoms with Crippen molar-refractivity contribution in [3.63, 3.8) is 0 Å². The quantitative estimate of drug-likeness (QED) is 0.629. The van der Waals surface area contributed by atoms with Gasteiger partial charge in [-0.25, -0.2) is 4.39 Å². The van der Waals surface area contributed by atoms with E-state index in [1.807, 2.05) is 0 Å². The highest BCUT2D eigenvalue weighted by atomic mass is 32.2. The van der Waals surface area contributed by atoms with E-state index in [1.54, 1.807) is 0 Å². The Morgan fingerprint density at radius 2 is 1.90 bits per heavy atom. The van der Waals surface area contributed by atoms with Gasteiger partial charge in [-0.1, -0.05) is 0 Å². The standard InChI is InChI=1S/C14H12FNO4S/c1-20-14-7-4-12(16(17)18)8-10(14)9-21(19)13-5-2-11(15)3-6-13/h2-8H,9H2,1H3. The fraction of sp³-hybridized carbons (Fsp3) is 0.143. The molecule has 0 bridgehead atoms. The number of nitrogens with zero attached hydrogens (tertiary/aromatic N) is 1. The number of nitro benzene ring substituents is 1. The number of non-ortho nitro benzene ring substituents is 1. The van der Waals surface area contributed by atoms with Crippen LogP contribution in [-0.4, -0.2) is 16.2 Å². The summed E-state index contributed by atoms with van der Waals surface area (Å²) in [4.78, 5) is 10.7. The van der Waals surface area contributed by atoms with Crippen LogP contribution in [0.5, 0.6) is 5.75 Å². The molecule has 0 saturated heterocycles. The molecule has 0 aliphatic heterocycles. The van der Waals surface area contributed by atoms with Crippen molar-refractivity contribution in [2.45, 2.75) is 10.6 Å². The third-order valence-electron chi connectivity index (χ3n) is 2.84. The summed E-state index contributed by atoms with van der Waals surface area (Å²) in [6.07, 6.45) is 0. The van der Waals surface area contributed by atoms with E-state index in [9.17, 15) is 18.7 Å². The summed E-state index contributed by atoms with van der Waals surface area (Å²) in [6.45, 7) is 0. The first kappa shape index (κ1) is 15.1. The second kappa shape index (κ2) is 6.45. The van der Waals surface area contributed by atoms with Crippen LogP contribution in [0.2, 0.25) is 0 Å². The van der Waals surface area contributed by atoms with Gasteiger partial charge in [0.05, 0.1) is 28.6 Å². The molecule has 0 spiro atoms. The first-order valence-electron chi connectivity index (χ1n) is 5.96. The summed E-state index contributed by atoms with van der Waals surface area (Å²) >= 11 is 0. The van der Waals surface area contributed by atoms with Crippen molar-refractivity contribution < 1.29 is 18.3 Å². The van der Waals surface area contributed by atoms with E-state index in [-0.39, 0.29) is 11.4 Å². The largest absolute Gasteiger partial charge is 0.496 e. The summed E-state index contributed by atoms with van der Waals surface area (Å²) in [7, 11) is -0.00931. The molecule has 0 saturated carbocycles. The molecular formula is C14H12FNO4S. The van der Waals surface area contributed by atoms with Gasteiger partial charge >= 0.3 is 0 Å². The minimum Gasteiger partial charge on any atom is -0.496 e. The highest BCUT2D eigenvalue weighted by Gasteiger charge is 2.14. The zero-order chi connectivity index (χ0) is 15.4. The van der Waals surface area contributed by atoms with Crippen LogP contribution in [-0.2, 0) is 16.6 Å². The predicted molar refractivity (Wildman–Crippen MR) is 76.2 cm³/mol. The molecule has 5 nitrogen and oxygen atoms in total. The number of ether oxygens (including phenoxy) is 1. The average Bonchev–Trinajstić information content (AvgIpc) is 2.47. The molecule has 2 aromatic rings. The highest BCUT2D eigenvalue weighted by Crippen LogP contribution is 2.26. The van der Waals surface area contributed by atoms with Gasteiger partial charge in [0, 0.05) is 22.6 Å². The van der Waals surface area contributed by atoms with E-state index in [4.69, 9.17) is 4.74 Å². The first-order chi connectivity index (χ1) is 10.0. The fourth-order valence-corrected chi connectivity index (χ4v) is 2.92. The van der Waals surface area contributed by atoms with Gasteiger partial charge < -0.3 is 4.74 Å². The molecule has 110 valence electrons. The van der Waals surface area contributed by atoms with Gasteiger partial charge in [0.15, 0.2) is 0 Å². The van der Waals surface area contributed by atoms with E-state index >= 15 is 0 Å². The number of benzene rings is 2. The van der Waals surface area contributed by atoms with E-state index in [1.165, 1.54) is 49.6 Å². The molecule has 0 fully saturated rings. The maximum absolute atomic E-state index is 12.8. The van der Waals surface area contributed by atoms with Crippen molar-refractivity contribution in [3.05, 3.63) is 64.0 Å². The number of hydrogen-bond acceptors (Lipinski definition) is 4. The lowest BCUT2D eigenvalue weighted by Gasteiger charge is -2.08. The SMILES string of the molecule is COc1ccc([N+](=O)[O-])cc1CS(=O)c1ccc(F)cc1. The average molecular weight is 309 g/mol. The Balaban J connectivity index is 2.29. The molecule has 1 unspecified atom stereocenters. The summed E-state index contributed by atoms with van der Waals surface area (Å²) in [5, 5.41) is 10.8. The predicted octanol–water partition coefficient (Wildman–Crippen LogP) is 3.05. The van der Waals surface area contributed by atoms with Crippen molar-refractivity contribution in [1.29, 1.82) is 0 Å². The molecule has 2 aromatic carbocycles. The van der Waals surface area contributed by atoms with Crippen LogP contribution in [0.4, 0.5) is 10.1 Å². The molecule has 0 aromatic heterocycles. The Labute approximate surface area is 123 Å². The maximum atomic E-state index is 12.8. The monoisotopic (exact) mass is 309 g/mol. The third kappa shape index (κ3) is 3.63. The molecule has 0 amide bonds. The van der Waals surface area contributed by atoms with Gasteiger partial charge in [0.25, 0.3) is 5.69 Å². The summed E-state index contributed by atoms with van der Waals surface area (Å²) in [5.41, 5.74) is 0.372. The lowest BCUT2D eigenvalue weighted by Crippen LogP contribution is -2.00. The Morgan fingerprint density at radius 3 is 2.48 bits per heavy atom. The zero-order valence-corrected chi connectivity index (χ0v) is 11.9. The smallest absolute Gasteiger partial charge is 0.270 e. The molecule has 0 aliphatic carbocycles. The number of rotatable bonds is 5. The normalized spacial score (nSPS) is 11.9. The van der Waals surface area contributed by atoms with Crippen LogP contribution in [0.25, 0.3) is 0 Å². The highest BCUT2D eigenvalue weighted by molar-refractivity contribution is 7.84. The number of methoxy groups -OCH3 is 1. The van der Waals surface area contributed by atoms with Crippen LogP contribution in [0.3, 0.4) is 0 Å². The van der Waals surface area contributed by atoms with Gasteiger partial charge in [0.1, 0.15) is 11.6 Å². The van der Waals surface area contributed by atoms with Crippen LogP contribution < -0.4 is 4.74 Å². The van der Waals surface area contributed by atoms with E-state index in [0.717, 1.165) is 0 Å². The molecule has 0 aliphatic rings. The van der Waals surface area contributed by atoms with Gasteiger partial charge in [-0.15, -0.1) is 0 Å². The van der Waals surface area contributed by atoms with Crippen molar-refractivity contribution in [2.75, 3.05) is 7.11 Å². The number of hydrogen-bond donors (Lipinski definition) is 0. The number of nitro groups is 1. The van der Waals surface area contributed by atoms with Crippen molar-refractivity contribution in [3.8, 4) is 5.75 Å². The summed E-state index contributed by atoms with van der Waals surface area (Å²) in [6, 6.07) is 9.42. The lowest BCUT2D eigenvalue weighted by molar-refractivity contribution is -0.384. The second-order valence-corrected chi connectivity index (χ2v) is 5.65. The first-order valence-corrected chi connectivity index (χ1v) is 7.28. The van der Waals surface area contributed by atoms with Crippen LogP contribution in [0, 0.1) is 15.9 Å². The molecule has 0 heterocycles. The summed E-state index contributed by atoms with van der Waals surface area (Å²) < 4.78 is 30.2. The van der Waals surface area contributed by atoms with E-state index in [2.05, 4.69) is 0 Å². The van der Waals surface area contributed by atoms with Crippen molar-refractivity contribution >= 4 is 16.5 Å². The van der Waals surface area contributed by atoms with Crippen LogP contribution in [0.1, 0.15) is 5.56 Å². The minimum absolute atomic E-state index is 0.0521. The molecule has 0 N–H and O–H groups in total. The van der Waals surface area contributed by atoms with Gasteiger partial charge in [-0.2, -0.15) is 0 Å². The van der Waals surface area contributed by atoms with Gasteiger partial charge in [-0.05, 0) is 30.3 Å². The third-order valence-corrected chi connectivity index (χ3v) is 4.21. The minimum atomic E-state index is -1.45. The lowest BCUT2D eigenvalue weighted by atomic mass is 10.2. The van der Waals surface area contributed by atoms with Gasteiger partial charge in [-0.3, -0.25) is 14.3 Å². The summed E-state index contributed by atoms with van der Waals surface area (Å²) in [5.74, 6) is 0.0657. The Hall–Kier alpha value is -2.28. The zero-order valence-electron chi connectivity index (χ0n) is 11.1. The molecular weight excluding hydrogens is 297 g/mol. The second-order valence-electron chi connectivity index (χ2n) is 4.20. The van der Waals surface area contributed by atoms with Crippen LogP contribution >= 0.6 is 0 Å².